The third-order valence-electron chi connectivity index (χ3n) is 6.47. The molecule has 3 saturated carbocycles. The van der Waals surface area contributed by atoms with Gasteiger partial charge in [-0.1, -0.05) is 5.16 Å². The molecular formula is C21H26F3N5O3. The lowest BCUT2D eigenvalue weighted by molar-refractivity contribution is -0.138. The molecule has 5 rings (SSSR count). The lowest BCUT2D eigenvalue weighted by atomic mass is 9.53. The minimum atomic E-state index is -4.51. The van der Waals surface area contributed by atoms with Gasteiger partial charge in [0.05, 0.1) is 5.56 Å². The van der Waals surface area contributed by atoms with Gasteiger partial charge in [0.15, 0.2) is 0 Å². The van der Waals surface area contributed by atoms with Gasteiger partial charge >= 0.3 is 12.3 Å². The lowest BCUT2D eigenvalue weighted by Crippen LogP contribution is -2.49. The van der Waals surface area contributed by atoms with Crippen LogP contribution in [0.3, 0.4) is 0 Å². The van der Waals surface area contributed by atoms with E-state index in [1.807, 2.05) is 20.8 Å². The fourth-order valence-corrected chi connectivity index (χ4v) is 4.54. The van der Waals surface area contributed by atoms with Gasteiger partial charge in [0.1, 0.15) is 5.60 Å². The van der Waals surface area contributed by atoms with E-state index >= 15 is 0 Å². The molecule has 2 aromatic rings. The minimum Gasteiger partial charge on any atom is -0.444 e. The van der Waals surface area contributed by atoms with E-state index in [1.165, 1.54) is 0 Å². The molecule has 3 aliphatic carbocycles. The van der Waals surface area contributed by atoms with E-state index in [1.54, 1.807) is 0 Å². The molecule has 0 radical (unpaired) electrons. The molecular weight excluding hydrogens is 427 g/mol. The van der Waals surface area contributed by atoms with Crippen LogP contribution in [0.25, 0.3) is 11.6 Å². The van der Waals surface area contributed by atoms with Gasteiger partial charge in [-0.15, -0.1) is 0 Å². The van der Waals surface area contributed by atoms with Crippen LogP contribution in [-0.2, 0) is 16.3 Å². The summed E-state index contributed by atoms with van der Waals surface area (Å²) in [5.41, 5.74) is -1.70. The number of ether oxygens (including phenoxy) is 1. The van der Waals surface area contributed by atoms with E-state index in [4.69, 9.17) is 9.26 Å². The molecule has 0 unspecified atom stereocenters. The zero-order chi connectivity index (χ0) is 23.2. The molecule has 2 heterocycles. The maximum Gasteiger partial charge on any atom is 0.419 e. The lowest BCUT2D eigenvalue weighted by Gasteiger charge is -2.51. The maximum atomic E-state index is 12.7. The van der Waals surface area contributed by atoms with Crippen molar-refractivity contribution in [2.24, 2.45) is 5.41 Å². The second kappa shape index (κ2) is 7.70. The monoisotopic (exact) mass is 453 g/mol. The van der Waals surface area contributed by atoms with E-state index in [2.05, 4.69) is 25.4 Å². The Bertz CT molecular complexity index is 957. The van der Waals surface area contributed by atoms with Crippen molar-refractivity contribution in [2.45, 2.75) is 76.5 Å². The Morgan fingerprint density at radius 1 is 1.06 bits per heavy atom. The third kappa shape index (κ3) is 4.56. The molecule has 0 atom stereocenters. The van der Waals surface area contributed by atoms with Crippen molar-refractivity contribution in [1.82, 2.24) is 25.4 Å². The molecule has 174 valence electrons. The van der Waals surface area contributed by atoms with E-state index in [9.17, 15) is 18.0 Å². The highest BCUT2D eigenvalue weighted by molar-refractivity contribution is 5.67. The van der Waals surface area contributed by atoms with E-state index in [0.29, 0.717) is 24.8 Å². The van der Waals surface area contributed by atoms with Gasteiger partial charge in [0, 0.05) is 24.4 Å². The topological polar surface area (TPSA) is 103 Å². The summed E-state index contributed by atoms with van der Waals surface area (Å²) >= 11 is 0. The predicted molar refractivity (Wildman–Crippen MR) is 106 cm³/mol. The number of hydrogen-bond donors (Lipinski definition) is 1. The van der Waals surface area contributed by atoms with Crippen LogP contribution in [0.2, 0.25) is 0 Å². The molecule has 0 saturated heterocycles. The summed E-state index contributed by atoms with van der Waals surface area (Å²) in [4.78, 5) is 23.9. The summed E-state index contributed by atoms with van der Waals surface area (Å²) in [5, 5.41) is 6.82. The SMILES string of the molecule is CC(C)(C)OC(=O)NC[C@]12CC[C@](c3nc(-c4ncc(C(F)(F)F)cn4)no3)(CC1)CC2. The number of alkyl halides is 3. The van der Waals surface area contributed by atoms with Gasteiger partial charge in [-0.25, -0.2) is 14.8 Å². The molecule has 11 heteroatoms. The standard InChI is InChI=1S/C21H26F3N5O3/c1-18(2,3)31-17(30)27-12-19-4-7-20(8-5-19,9-6-19)16-28-15(29-32-16)14-25-10-13(11-26-14)21(22,23)24/h10-11H,4-9,12H2,1-3H3,(H,27,30)/t19-,20+. The summed E-state index contributed by atoms with van der Waals surface area (Å²) in [7, 11) is 0. The van der Waals surface area contributed by atoms with Crippen LogP contribution in [-0.4, -0.2) is 38.3 Å². The number of carbonyl (C=O) groups is 1. The smallest absolute Gasteiger partial charge is 0.419 e. The first-order valence-electron chi connectivity index (χ1n) is 10.6. The van der Waals surface area contributed by atoms with Crippen LogP contribution >= 0.6 is 0 Å². The summed E-state index contributed by atoms with van der Waals surface area (Å²) < 4.78 is 49.0. The molecule has 32 heavy (non-hydrogen) atoms. The molecule has 8 nitrogen and oxygen atoms in total. The highest BCUT2D eigenvalue weighted by Crippen LogP contribution is 2.57. The molecule has 0 spiro atoms. The molecule has 1 N–H and O–H groups in total. The normalized spacial score (nSPS) is 25.6. The van der Waals surface area contributed by atoms with Crippen molar-refractivity contribution < 1.29 is 27.2 Å². The number of nitrogens with zero attached hydrogens (tertiary/aromatic N) is 4. The van der Waals surface area contributed by atoms with Crippen LogP contribution in [0.5, 0.6) is 0 Å². The molecule has 2 bridgehead atoms. The van der Waals surface area contributed by atoms with Crippen LogP contribution in [0.15, 0.2) is 16.9 Å². The fraction of sp³-hybridized carbons (Fsp3) is 0.667. The molecule has 3 fully saturated rings. The average molecular weight is 453 g/mol. The van der Waals surface area contributed by atoms with Gasteiger partial charge in [0.25, 0.3) is 0 Å². The maximum absolute atomic E-state index is 12.7. The van der Waals surface area contributed by atoms with Crippen molar-refractivity contribution in [3.8, 4) is 11.6 Å². The first-order chi connectivity index (χ1) is 14.9. The first kappa shape index (κ1) is 22.5. The average Bonchev–Trinajstić information content (AvgIpc) is 3.23. The minimum absolute atomic E-state index is 0.00748. The van der Waals surface area contributed by atoms with Gasteiger partial charge < -0.3 is 14.6 Å². The molecule has 3 aliphatic rings. The number of nitrogens with one attached hydrogen (secondary N) is 1. The van der Waals surface area contributed by atoms with Gasteiger partial charge in [-0.3, -0.25) is 0 Å². The number of alkyl carbamates (subject to hydrolysis) is 1. The van der Waals surface area contributed by atoms with Crippen LogP contribution in [0.4, 0.5) is 18.0 Å². The van der Waals surface area contributed by atoms with Crippen LogP contribution < -0.4 is 5.32 Å². The number of aromatic nitrogens is 4. The highest BCUT2D eigenvalue weighted by Gasteiger charge is 2.52. The quantitative estimate of drug-likeness (QED) is 0.718. The largest absolute Gasteiger partial charge is 0.444 e. The number of fused-ring (bicyclic) bond motifs is 3. The molecule has 1 amide bonds. The summed E-state index contributed by atoms with van der Waals surface area (Å²) in [6, 6.07) is 0. The second-order valence-electron chi connectivity index (χ2n) is 9.85. The van der Waals surface area contributed by atoms with E-state index < -0.39 is 23.4 Å². The van der Waals surface area contributed by atoms with Crippen LogP contribution in [0, 0.1) is 5.41 Å². The number of hydrogen-bond acceptors (Lipinski definition) is 7. The van der Waals surface area contributed by atoms with Crippen molar-refractivity contribution in [3.05, 3.63) is 23.8 Å². The highest BCUT2D eigenvalue weighted by atomic mass is 19.4. The Morgan fingerprint density at radius 2 is 1.66 bits per heavy atom. The Labute approximate surface area is 183 Å². The number of carbonyl (C=O) groups excluding carboxylic acids is 1. The summed E-state index contributed by atoms with van der Waals surface area (Å²) in [6.45, 7) is 6.05. The Morgan fingerprint density at radius 3 is 2.19 bits per heavy atom. The number of halogens is 3. The number of amides is 1. The predicted octanol–water partition coefficient (Wildman–Crippen LogP) is 4.66. The van der Waals surface area contributed by atoms with E-state index in [-0.39, 0.29) is 22.5 Å². The van der Waals surface area contributed by atoms with Gasteiger partial charge in [-0.2, -0.15) is 18.2 Å². The van der Waals surface area contributed by atoms with Crippen molar-refractivity contribution in [1.29, 1.82) is 0 Å². The summed E-state index contributed by atoms with van der Waals surface area (Å²) in [6.07, 6.45) is 1.71. The van der Waals surface area contributed by atoms with E-state index in [0.717, 1.165) is 38.5 Å². The molecule has 2 aromatic heterocycles. The third-order valence-corrected chi connectivity index (χ3v) is 6.47. The Kier molecular flexibility index (Phi) is 5.41. The first-order valence-corrected chi connectivity index (χ1v) is 10.6. The van der Waals surface area contributed by atoms with Crippen molar-refractivity contribution >= 4 is 6.09 Å². The second-order valence-corrected chi connectivity index (χ2v) is 9.85. The van der Waals surface area contributed by atoms with Crippen LogP contribution in [0.1, 0.15) is 70.8 Å². The molecule has 0 aliphatic heterocycles. The van der Waals surface area contributed by atoms with Crippen molar-refractivity contribution in [3.63, 3.8) is 0 Å². The molecule has 0 aromatic carbocycles. The zero-order valence-corrected chi connectivity index (χ0v) is 18.3. The Hall–Kier alpha value is -2.72. The van der Waals surface area contributed by atoms with Gasteiger partial charge in [-0.05, 0) is 64.7 Å². The fourth-order valence-electron chi connectivity index (χ4n) is 4.54. The zero-order valence-electron chi connectivity index (χ0n) is 18.3. The summed E-state index contributed by atoms with van der Waals surface area (Å²) in [5.74, 6) is 0.549. The van der Waals surface area contributed by atoms with Gasteiger partial charge in [0.2, 0.25) is 17.5 Å². The Balaban J connectivity index is 1.40. The number of rotatable bonds is 4. The van der Waals surface area contributed by atoms with Crippen molar-refractivity contribution in [2.75, 3.05) is 6.54 Å².